The Morgan fingerprint density at radius 3 is 2.35 bits per heavy atom. The Morgan fingerprint density at radius 2 is 1.61 bits per heavy atom. The average molecular weight is 419 g/mol. The van der Waals surface area contributed by atoms with Crippen molar-refractivity contribution < 1.29 is 23.8 Å². The number of aryl methyl sites for hydroxylation is 1. The summed E-state index contributed by atoms with van der Waals surface area (Å²) in [6, 6.07) is 23.4. The van der Waals surface area contributed by atoms with Crippen molar-refractivity contribution in [2.24, 2.45) is 0 Å². The maximum atomic E-state index is 13.0. The summed E-state index contributed by atoms with van der Waals surface area (Å²) in [6.07, 6.45) is -0.504. The van der Waals surface area contributed by atoms with Gasteiger partial charge in [0, 0.05) is 23.7 Å². The first kappa shape index (κ1) is 21.9. The second kappa shape index (κ2) is 10.8. The van der Waals surface area contributed by atoms with E-state index < -0.39 is 18.0 Å². The van der Waals surface area contributed by atoms with Crippen LogP contribution in [0.5, 0.6) is 11.5 Å². The Morgan fingerprint density at radius 1 is 0.871 bits per heavy atom. The Labute approximate surface area is 181 Å². The third-order valence-electron chi connectivity index (χ3n) is 4.72. The van der Waals surface area contributed by atoms with Gasteiger partial charge in [0.1, 0.15) is 11.5 Å². The van der Waals surface area contributed by atoms with Gasteiger partial charge in [0.2, 0.25) is 6.10 Å². The molecule has 1 atom stereocenters. The molecule has 0 saturated heterocycles. The fourth-order valence-electron chi connectivity index (χ4n) is 3.15. The normalized spacial score (nSPS) is 11.3. The van der Waals surface area contributed by atoms with Crippen LogP contribution in [-0.4, -0.2) is 26.1 Å². The monoisotopic (exact) mass is 419 g/mol. The first-order valence-electron chi connectivity index (χ1n) is 9.92. The first-order chi connectivity index (χ1) is 15.1. The predicted molar refractivity (Wildman–Crippen MR) is 118 cm³/mol. The zero-order valence-electron chi connectivity index (χ0n) is 17.5. The molecule has 31 heavy (non-hydrogen) atoms. The summed E-state index contributed by atoms with van der Waals surface area (Å²) < 4.78 is 16.1. The van der Waals surface area contributed by atoms with Crippen LogP contribution in [0, 0.1) is 0 Å². The van der Waals surface area contributed by atoms with Crippen LogP contribution in [0.2, 0.25) is 0 Å². The van der Waals surface area contributed by atoms with E-state index in [1.54, 1.807) is 62.8 Å². The molecule has 0 fully saturated rings. The Bertz CT molecular complexity index is 1020. The number of carbonyl (C=O) groups is 2. The van der Waals surface area contributed by atoms with Crippen molar-refractivity contribution in [2.45, 2.75) is 18.9 Å². The molecule has 1 N–H and O–H groups in total. The number of ether oxygens (including phenoxy) is 3. The van der Waals surface area contributed by atoms with Gasteiger partial charge in [-0.3, -0.25) is 9.59 Å². The summed E-state index contributed by atoms with van der Waals surface area (Å²) >= 11 is 0. The van der Waals surface area contributed by atoms with Crippen LogP contribution >= 0.6 is 0 Å². The third-order valence-corrected chi connectivity index (χ3v) is 4.72. The van der Waals surface area contributed by atoms with Gasteiger partial charge in [-0.25, -0.2) is 0 Å². The van der Waals surface area contributed by atoms with E-state index >= 15 is 0 Å². The molecule has 3 aromatic carbocycles. The maximum Gasteiger partial charge on any atom is 0.307 e. The zero-order chi connectivity index (χ0) is 22.1. The molecule has 0 saturated carbocycles. The highest BCUT2D eigenvalue weighted by molar-refractivity contribution is 5.96. The van der Waals surface area contributed by atoms with Crippen molar-refractivity contribution in [2.75, 3.05) is 19.5 Å². The smallest absolute Gasteiger partial charge is 0.307 e. The molecule has 3 rings (SSSR count). The van der Waals surface area contributed by atoms with E-state index in [1.807, 2.05) is 30.3 Å². The molecule has 0 radical (unpaired) electrons. The van der Waals surface area contributed by atoms with E-state index in [4.69, 9.17) is 14.2 Å². The van der Waals surface area contributed by atoms with Crippen molar-refractivity contribution >= 4 is 17.6 Å². The lowest BCUT2D eigenvalue weighted by atomic mass is 10.1. The van der Waals surface area contributed by atoms with E-state index in [9.17, 15) is 9.59 Å². The quantitative estimate of drug-likeness (QED) is 0.515. The van der Waals surface area contributed by atoms with E-state index in [-0.39, 0.29) is 6.42 Å². The molecular weight excluding hydrogens is 394 g/mol. The summed E-state index contributed by atoms with van der Waals surface area (Å²) in [5, 5.41) is 2.80. The number of anilines is 1. The Balaban J connectivity index is 1.71. The van der Waals surface area contributed by atoms with E-state index in [1.165, 1.54) is 0 Å². The van der Waals surface area contributed by atoms with Crippen molar-refractivity contribution in [3.8, 4) is 11.5 Å². The number of nitrogens with one attached hydrogen (secondary N) is 1. The maximum absolute atomic E-state index is 13.0. The summed E-state index contributed by atoms with van der Waals surface area (Å²) in [6.45, 7) is 0. The minimum Gasteiger partial charge on any atom is -0.497 e. The molecule has 1 amide bonds. The number of carbonyl (C=O) groups excluding carboxylic acids is 2. The summed E-state index contributed by atoms with van der Waals surface area (Å²) in [5.74, 6) is 0.416. The lowest BCUT2D eigenvalue weighted by molar-refractivity contribution is -0.154. The highest BCUT2D eigenvalue weighted by Crippen LogP contribution is 2.24. The van der Waals surface area contributed by atoms with Gasteiger partial charge in [0.05, 0.1) is 14.2 Å². The summed E-state index contributed by atoms with van der Waals surface area (Å²) in [5.41, 5.74) is 2.04. The van der Waals surface area contributed by atoms with Crippen LogP contribution in [0.25, 0.3) is 0 Å². The van der Waals surface area contributed by atoms with Crippen LogP contribution in [0.3, 0.4) is 0 Å². The lowest BCUT2D eigenvalue weighted by Crippen LogP contribution is -2.26. The van der Waals surface area contributed by atoms with Crippen LogP contribution in [0.15, 0.2) is 78.9 Å². The SMILES string of the molecule is COc1cccc(NC(=O)[C@@H](OC(=O)CCc2ccccc2OC)c2ccccc2)c1. The second-order valence-corrected chi connectivity index (χ2v) is 6.81. The standard InChI is InChI=1S/C25H25NO5/c1-29-21-13-8-12-20(17-21)26-25(28)24(19-10-4-3-5-11-19)31-23(27)16-15-18-9-6-7-14-22(18)30-2/h3-14,17,24H,15-16H2,1-2H3,(H,26,28)/t24-/m0/s1. The average Bonchev–Trinajstić information content (AvgIpc) is 2.82. The highest BCUT2D eigenvalue weighted by atomic mass is 16.5. The molecule has 0 spiro atoms. The molecular formula is C25H25NO5. The number of benzene rings is 3. The van der Waals surface area contributed by atoms with Gasteiger partial charge in [0.15, 0.2) is 0 Å². The molecule has 6 heteroatoms. The molecule has 3 aromatic rings. The van der Waals surface area contributed by atoms with Gasteiger partial charge >= 0.3 is 5.97 Å². The number of rotatable bonds is 9. The van der Waals surface area contributed by atoms with Gasteiger partial charge in [-0.05, 0) is 30.2 Å². The molecule has 0 aliphatic rings. The largest absolute Gasteiger partial charge is 0.497 e. The van der Waals surface area contributed by atoms with Crippen molar-refractivity contribution in [1.82, 2.24) is 0 Å². The zero-order valence-corrected chi connectivity index (χ0v) is 17.5. The molecule has 0 bridgehead atoms. The molecule has 0 unspecified atom stereocenters. The molecule has 0 heterocycles. The fraction of sp³-hybridized carbons (Fsp3) is 0.200. The van der Waals surface area contributed by atoms with Crippen molar-refractivity contribution in [3.05, 3.63) is 90.0 Å². The second-order valence-electron chi connectivity index (χ2n) is 6.81. The molecule has 160 valence electrons. The highest BCUT2D eigenvalue weighted by Gasteiger charge is 2.25. The Kier molecular flexibility index (Phi) is 7.65. The minimum atomic E-state index is -1.07. The molecule has 0 aliphatic heterocycles. The van der Waals surface area contributed by atoms with Gasteiger partial charge < -0.3 is 19.5 Å². The number of para-hydroxylation sites is 1. The van der Waals surface area contributed by atoms with Crippen LogP contribution in [0.4, 0.5) is 5.69 Å². The molecule has 0 aromatic heterocycles. The van der Waals surface area contributed by atoms with Gasteiger partial charge in [-0.1, -0.05) is 54.6 Å². The van der Waals surface area contributed by atoms with Gasteiger partial charge in [-0.2, -0.15) is 0 Å². The van der Waals surface area contributed by atoms with Gasteiger partial charge in [-0.15, -0.1) is 0 Å². The predicted octanol–water partition coefficient (Wildman–Crippen LogP) is 4.56. The van der Waals surface area contributed by atoms with Crippen LogP contribution in [-0.2, 0) is 20.7 Å². The lowest BCUT2D eigenvalue weighted by Gasteiger charge is -2.18. The minimum absolute atomic E-state index is 0.121. The van der Waals surface area contributed by atoms with E-state index in [2.05, 4.69) is 5.32 Å². The van der Waals surface area contributed by atoms with E-state index in [0.29, 0.717) is 29.2 Å². The number of amides is 1. The first-order valence-corrected chi connectivity index (χ1v) is 9.92. The summed E-state index contributed by atoms with van der Waals surface area (Å²) in [4.78, 5) is 25.6. The number of hydrogen-bond donors (Lipinski definition) is 1. The van der Waals surface area contributed by atoms with E-state index in [0.717, 1.165) is 5.56 Å². The molecule has 6 nitrogen and oxygen atoms in total. The fourth-order valence-corrected chi connectivity index (χ4v) is 3.15. The number of esters is 1. The van der Waals surface area contributed by atoms with Crippen LogP contribution in [0.1, 0.15) is 23.7 Å². The van der Waals surface area contributed by atoms with Crippen molar-refractivity contribution in [1.29, 1.82) is 0 Å². The Hall–Kier alpha value is -3.80. The van der Waals surface area contributed by atoms with Crippen molar-refractivity contribution in [3.63, 3.8) is 0 Å². The topological polar surface area (TPSA) is 73.9 Å². The van der Waals surface area contributed by atoms with Crippen LogP contribution < -0.4 is 14.8 Å². The third kappa shape index (κ3) is 6.09. The number of methoxy groups -OCH3 is 2. The summed E-state index contributed by atoms with van der Waals surface area (Å²) in [7, 11) is 3.14. The number of hydrogen-bond acceptors (Lipinski definition) is 5. The molecule has 0 aliphatic carbocycles. The van der Waals surface area contributed by atoms with Gasteiger partial charge in [0.25, 0.3) is 5.91 Å².